The van der Waals surface area contributed by atoms with E-state index in [1.54, 1.807) is 35.3 Å². The Morgan fingerprint density at radius 2 is 2.23 bits per heavy atom. The number of thiazole rings is 1. The molecule has 0 saturated heterocycles. The number of aromatic nitrogens is 5. The van der Waals surface area contributed by atoms with Gasteiger partial charge in [-0.2, -0.15) is 5.10 Å². The lowest BCUT2D eigenvalue weighted by Gasteiger charge is -2.09. The number of fused-ring (bicyclic) bond motifs is 1. The molecule has 0 aliphatic heterocycles. The van der Waals surface area contributed by atoms with E-state index in [1.807, 2.05) is 0 Å². The molecule has 5 rings (SSSR count). The van der Waals surface area contributed by atoms with Gasteiger partial charge in [0.15, 0.2) is 23.2 Å². The molecule has 0 atom stereocenters. The number of carbonyl (C=O) groups is 2. The Labute approximate surface area is 184 Å². The van der Waals surface area contributed by atoms with Gasteiger partial charge in [-0.3, -0.25) is 19.3 Å². The Kier molecular flexibility index (Phi) is 4.83. The molecule has 1 fully saturated rings. The highest BCUT2D eigenvalue weighted by atomic mass is 35.5. The number of ether oxygens (including phenoxy) is 1. The predicted octanol–water partition coefficient (Wildman–Crippen LogP) is 2.74. The maximum absolute atomic E-state index is 12.0. The molecule has 3 aromatic heterocycles. The maximum Gasteiger partial charge on any atom is 0.255 e. The zero-order valence-corrected chi connectivity index (χ0v) is 17.5. The van der Waals surface area contributed by atoms with Gasteiger partial charge in [0.05, 0.1) is 16.9 Å². The van der Waals surface area contributed by atoms with Crippen molar-refractivity contribution < 1.29 is 14.3 Å². The quantitative estimate of drug-likeness (QED) is 0.389. The van der Waals surface area contributed by atoms with Gasteiger partial charge in [-0.05, 0) is 31.0 Å². The molecule has 2 amide bonds. The van der Waals surface area contributed by atoms with E-state index < -0.39 is 5.91 Å². The number of nitrogens with zero attached hydrogens (tertiary/aromatic N) is 4. The van der Waals surface area contributed by atoms with Crippen molar-refractivity contribution in [1.82, 2.24) is 24.7 Å². The fourth-order valence-corrected chi connectivity index (χ4v) is 4.26. The predicted molar refractivity (Wildman–Crippen MR) is 115 cm³/mol. The molecule has 0 spiro atoms. The number of imidazole rings is 1. The Morgan fingerprint density at radius 1 is 1.39 bits per heavy atom. The first-order valence-corrected chi connectivity index (χ1v) is 10.6. The third kappa shape index (κ3) is 3.84. The normalized spacial score (nSPS) is 13.5. The van der Waals surface area contributed by atoms with Crippen molar-refractivity contribution in [2.75, 3.05) is 11.9 Å². The van der Waals surface area contributed by atoms with Gasteiger partial charge in [0, 0.05) is 11.5 Å². The summed E-state index contributed by atoms with van der Waals surface area (Å²) in [4.78, 5) is 31.6. The average Bonchev–Trinajstić information content (AvgIpc) is 3.17. The van der Waals surface area contributed by atoms with Gasteiger partial charge in [-0.15, -0.1) is 0 Å². The number of aromatic amines is 1. The Balaban J connectivity index is 1.46. The van der Waals surface area contributed by atoms with E-state index in [0.29, 0.717) is 38.6 Å². The summed E-state index contributed by atoms with van der Waals surface area (Å²) in [6.45, 7) is -0.232. The molecule has 158 valence electrons. The van der Waals surface area contributed by atoms with Crippen molar-refractivity contribution >= 4 is 50.2 Å². The highest BCUT2D eigenvalue weighted by Crippen LogP contribution is 2.36. The Morgan fingerprint density at radius 3 is 2.97 bits per heavy atom. The lowest BCUT2D eigenvalue weighted by atomic mass is 10.1. The monoisotopic (exact) mass is 457 g/mol. The third-order valence-corrected chi connectivity index (χ3v) is 6.02. The van der Waals surface area contributed by atoms with Crippen molar-refractivity contribution in [3.05, 3.63) is 35.7 Å². The van der Waals surface area contributed by atoms with Gasteiger partial charge in [-0.25, -0.2) is 9.97 Å². The highest BCUT2D eigenvalue weighted by Gasteiger charge is 2.30. The van der Waals surface area contributed by atoms with Gasteiger partial charge in [-0.1, -0.05) is 22.9 Å². The van der Waals surface area contributed by atoms with Crippen LogP contribution in [0.4, 0.5) is 5.13 Å². The molecule has 10 nitrogen and oxygen atoms in total. The number of benzene rings is 1. The topological polar surface area (TPSA) is 141 Å². The lowest BCUT2D eigenvalue weighted by molar-refractivity contribution is -0.120. The van der Waals surface area contributed by atoms with Crippen LogP contribution in [0.3, 0.4) is 0 Å². The first-order chi connectivity index (χ1) is 15.0. The van der Waals surface area contributed by atoms with Crippen molar-refractivity contribution in [1.29, 1.82) is 0 Å². The molecule has 1 saturated carbocycles. The standard InChI is InChI=1S/C19H16ClN7O3S/c20-12-5-10(30-7-14(21)28)3-4-11(12)13-6-22-8-27(13)17-15-16(25-26-17)23-19(31-15)24-18(29)9-1-2-9/h3-6,8-9H,1-2,7H2,(H2,21,28)(H2,23,24,25,26,29). The summed E-state index contributed by atoms with van der Waals surface area (Å²) in [6, 6.07) is 5.07. The average molecular weight is 458 g/mol. The number of nitrogens with two attached hydrogens (primary N) is 1. The number of amides is 2. The summed E-state index contributed by atoms with van der Waals surface area (Å²) in [7, 11) is 0. The van der Waals surface area contributed by atoms with Crippen LogP contribution in [0.1, 0.15) is 12.8 Å². The Bertz CT molecular complexity index is 1310. The molecule has 1 aliphatic rings. The van der Waals surface area contributed by atoms with Crippen LogP contribution in [-0.2, 0) is 9.59 Å². The molecule has 0 radical (unpaired) electrons. The molecule has 1 aliphatic carbocycles. The number of hydrogen-bond donors (Lipinski definition) is 3. The van der Waals surface area contributed by atoms with Crippen LogP contribution in [-0.4, -0.2) is 43.2 Å². The van der Waals surface area contributed by atoms with Gasteiger partial charge in [0.1, 0.15) is 16.8 Å². The molecule has 0 unspecified atom stereocenters. The third-order valence-electron chi connectivity index (χ3n) is 4.74. The fraction of sp³-hybridized carbons (Fsp3) is 0.211. The number of rotatable bonds is 7. The van der Waals surface area contributed by atoms with E-state index in [1.165, 1.54) is 11.3 Å². The van der Waals surface area contributed by atoms with Crippen LogP contribution in [0, 0.1) is 5.92 Å². The summed E-state index contributed by atoms with van der Waals surface area (Å²) in [6.07, 6.45) is 5.14. The van der Waals surface area contributed by atoms with Crippen molar-refractivity contribution in [3.63, 3.8) is 0 Å². The number of anilines is 1. The largest absolute Gasteiger partial charge is 0.484 e. The van der Waals surface area contributed by atoms with E-state index in [2.05, 4.69) is 25.5 Å². The Hall–Kier alpha value is -3.44. The zero-order valence-electron chi connectivity index (χ0n) is 16.0. The van der Waals surface area contributed by atoms with Crippen LogP contribution in [0.25, 0.3) is 27.4 Å². The van der Waals surface area contributed by atoms with Crippen LogP contribution in [0.15, 0.2) is 30.7 Å². The van der Waals surface area contributed by atoms with Crippen molar-refractivity contribution in [2.24, 2.45) is 11.7 Å². The first kappa shape index (κ1) is 19.5. The number of halogens is 1. The molecule has 3 heterocycles. The van der Waals surface area contributed by atoms with Crippen molar-refractivity contribution in [3.8, 4) is 22.8 Å². The molecule has 1 aromatic carbocycles. The van der Waals surface area contributed by atoms with Gasteiger partial charge >= 0.3 is 0 Å². The number of H-pyrrole nitrogens is 1. The lowest BCUT2D eigenvalue weighted by Crippen LogP contribution is -2.19. The molecule has 4 aromatic rings. The van der Waals surface area contributed by atoms with Gasteiger partial charge in [0.25, 0.3) is 5.91 Å². The molecule has 12 heteroatoms. The molecular formula is C19H16ClN7O3S. The van der Waals surface area contributed by atoms with E-state index in [0.717, 1.165) is 17.5 Å². The van der Waals surface area contributed by atoms with E-state index in [9.17, 15) is 9.59 Å². The fourth-order valence-electron chi connectivity index (χ4n) is 3.08. The molecular weight excluding hydrogens is 442 g/mol. The summed E-state index contributed by atoms with van der Waals surface area (Å²) >= 11 is 7.80. The zero-order chi connectivity index (χ0) is 21.5. The van der Waals surface area contributed by atoms with E-state index in [4.69, 9.17) is 22.1 Å². The molecule has 31 heavy (non-hydrogen) atoms. The van der Waals surface area contributed by atoms with Crippen LogP contribution < -0.4 is 15.8 Å². The summed E-state index contributed by atoms with van der Waals surface area (Å²) < 4.78 is 7.86. The maximum atomic E-state index is 12.0. The second-order valence-corrected chi connectivity index (χ2v) is 8.46. The molecule has 4 N–H and O–H groups in total. The summed E-state index contributed by atoms with van der Waals surface area (Å²) in [5, 5.41) is 11.1. The first-order valence-electron chi connectivity index (χ1n) is 9.39. The van der Waals surface area contributed by atoms with Crippen molar-refractivity contribution in [2.45, 2.75) is 12.8 Å². The number of hydrogen-bond acceptors (Lipinski definition) is 7. The smallest absolute Gasteiger partial charge is 0.255 e. The van der Waals surface area contributed by atoms with Crippen LogP contribution >= 0.6 is 22.9 Å². The number of primary amides is 1. The minimum absolute atomic E-state index is 0.000317. The van der Waals surface area contributed by atoms with E-state index in [-0.39, 0.29) is 18.4 Å². The summed E-state index contributed by atoms with van der Waals surface area (Å²) in [5.74, 6) is 0.547. The number of carbonyl (C=O) groups excluding carboxylic acids is 2. The summed E-state index contributed by atoms with van der Waals surface area (Å²) in [5.41, 5.74) is 7.09. The van der Waals surface area contributed by atoms with E-state index >= 15 is 0 Å². The van der Waals surface area contributed by atoms with Crippen LogP contribution in [0.5, 0.6) is 5.75 Å². The minimum atomic E-state index is -0.571. The van der Waals surface area contributed by atoms with Gasteiger partial charge < -0.3 is 15.8 Å². The second kappa shape index (κ2) is 7.67. The number of nitrogens with one attached hydrogen (secondary N) is 2. The molecule has 0 bridgehead atoms. The highest BCUT2D eigenvalue weighted by molar-refractivity contribution is 7.22. The van der Waals surface area contributed by atoms with Crippen LogP contribution in [0.2, 0.25) is 5.02 Å². The van der Waals surface area contributed by atoms with Gasteiger partial charge in [0.2, 0.25) is 5.91 Å². The SMILES string of the molecule is NC(=O)COc1ccc(-c2cncn2-c2n[nH]c3nc(NC(=O)C4CC4)sc23)c(Cl)c1. The second-order valence-electron chi connectivity index (χ2n) is 7.05. The minimum Gasteiger partial charge on any atom is -0.484 e.